The zero-order valence-corrected chi connectivity index (χ0v) is 15.5. The molecule has 128 valence electrons. The molecule has 0 saturated carbocycles. The van der Waals surface area contributed by atoms with Gasteiger partial charge in [-0.05, 0) is 54.5 Å². The molecule has 0 fully saturated rings. The van der Waals surface area contributed by atoms with E-state index < -0.39 is 0 Å². The molecule has 0 heterocycles. The molecule has 0 saturated heterocycles. The summed E-state index contributed by atoms with van der Waals surface area (Å²) in [6.07, 6.45) is 0.868. The van der Waals surface area contributed by atoms with E-state index in [0.717, 1.165) is 17.7 Å². The largest absolute Gasteiger partial charge is 0.493 e. The van der Waals surface area contributed by atoms with Gasteiger partial charge in [-0.3, -0.25) is 0 Å². The van der Waals surface area contributed by atoms with Gasteiger partial charge in [0.15, 0.2) is 16.6 Å². The van der Waals surface area contributed by atoms with Crippen LogP contribution in [0, 0.1) is 0 Å². The van der Waals surface area contributed by atoms with E-state index in [2.05, 4.69) is 17.6 Å². The zero-order valence-electron chi connectivity index (χ0n) is 13.9. The fourth-order valence-electron chi connectivity index (χ4n) is 2.38. The highest BCUT2D eigenvalue weighted by Crippen LogP contribution is 2.30. The van der Waals surface area contributed by atoms with Crippen molar-refractivity contribution in [3.05, 3.63) is 53.1 Å². The Hall–Kier alpha value is -1.98. The van der Waals surface area contributed by atoms with Gasteiger partial charge in [-0.25, -0.2) is 0 Å². The Kier molecular flexibility index (Phi) is 6.70. The quantitative estimate of drug-likeness (QED) is 0.721. The fraction of sp³-hybridized carbons (Fsp3) is 0.278. The SMILES string of the molecule is CC[C@H](NC(=S)Nc1cccc(Cl)c1)c1ccc(OC)c(OC)c1. The first-order valence-electron chi connectivity index (χ1n) is 7.62. The van der Waals surface area contributed by atoms with Crippen molar-refractivity contribution in [1.82, 2.24) is 5.32 Å². The number of nitrogens with one attached hydrogen (secondary N) is 2. The maximum absolute atomic E-state index is 5.99. The molecular formula is C18H21ClN2O2S. The molecule has 0 aromatic heterocycles. The lowest BCUT2D eigenvalue weighted by Crippen LogP contribution is -2.32. The summed E-state index contributed by atoms with van der Waals surface area (Å²) < 4.78 is 10.6. The summed E-state index contributed by atoms with van der Waals surface area (Å²) >= 11 is 11.4. The van der Waals surface area contributed by atoms with E-state index >= 15 is 0 Å². The van der Waals surface area contributed by atoms with Gasteiger partial charge in [0.2, 0.25) is 0 Å². The van der Waals surface area contributed by atoms with Gasteiger partial charge in [0.1, 0.15) is 0 Å². The molecule has 6 heteroatoms. The molecule has 4 nitrogen and oxygen atoms in total. The van der Waals surface area contributed by atoms with Crippen LogP contribution in [0.15, 0.2) is 42.5 Å². The van der Waals surface area contributed by atoms with E-state index in [0.29, 0.717) is 21.6 Å². The van der Waals surface area contributed by atoms with Crippen LogP contribution in [0.3, 0.4) is 0 Å². The van der Waals surface area contributed by atoms with Gasteiger partial charge < -0.3 is 20.1 Å². The van der Waals surface area contributed by atoms with Crippen LogP contribution in [-0.4, -0.2) is 19.3 Å². The average molecular weight is 365 g/mol. The van der Waals surface area contributed by atoms with Crippen molar-refractivity contribution < 1.29 is 9.47 Å². The van der Waals surface area contributed by atoms with E-state index in [1.54, 1.807) is 14.2 Å². The first-order valence-corrected chi connectivity index (χ1v) is 8.41. The Morgan fingerprint density at radius 2 is 1.88 bits per heavy atom. The molecule has 2 aromatic rings. The highest BCUT2D eigenvalue weighted by atomic mass is 35.5. The third kappa shape index (κ3) is 4.76. The van der Waals surface area contributed by atoms with Crippen LogP contribution in [0.2, 0.25) is 5.02 Å². The summed E-state index contributed by atoms with van der Waals surface area (Å²) in [7, 11) is 3.25. The number of halogens is 1. The predicted octanol–water partition coefficient (Wildman–Crippen LogP) is 4.79. The second-order valence-corrected chi connectivity index (χ2v) is 6.03. The first kappa shape index (κ1) is 18.4. The highest BCUT2D eigenvalue weighted by molar-refractivity contribution is 7.80. The molecule has 2 rings (SSSR count). The minimum Gasteiger partial charge on any atom is -0.493 e. The molecule has 0 amide bonds. The Labute approximate surface area is 153 Å². The van der Waals surface area contributed by atoms with Gasteiger partial charge in [0, 0.05) is 10.7 Å². The Morgan fingerprint density at radius 3 is 2.50 bits per heavy atom. The molecule has 0 unspecified atom stereocenters. The summed E-state index contributed by atoms with van der Waals surface area (Å²) in [4.78, 5) is 0. The zero-order chi connectivity index (χ0) is 17.5. The fourth-order valence-corrected chi connectivity index (χ4v) is 2.83. The topological polar surface area (TPSA) is 42.5 Å². The van der Waals surface area contributed by atoms with Crippen molar-refractivity contribution in [2.45, 2.75) is 19.4 Å². The van der Waals surface area contributed by atoms with Crippen LogP contribution in [0.25, 0.3) is 0 Å². The van der Waals surface area contributed by atoms with E-state index in [9.17, 15) is 0 Å². The lowest BCUT2D eigenvalue weighted by molar-refractivity contribution is 0.354. The number of ether oxygens (including phenoxy) is 2. The van der Waals surface area contributed by atoms with Gasteiger partial charge in [-0.1, -0.05) is 30.7 Å². The number of anilines is 1. The first-order chi connectivity index (χ1) is 11.6. The van der Waals surface area contributed by atoms with E-state index in [1.807, 2.05) is 42.5 Å². The molecule has 2 N–H and O–H groups in total. The monoisotopic (exact) mass is 364 g/mol. The summed E-state index contributed by atoms with van der Waals surface area (Å²) in [5, 5.41) is 7.67. The van der Waals surface area contributed by atoms with Crippen molar-refractivity contribution in [3.63, 3.8) is 0 Å². The van der Waals surface area contributed by atoms with Gasteiger partial charge in [0.05, 0.1) is 20.3 Å². The van der Waals surface area contributed by atoms with E-state index in [4.69, 9.17) is 33.3 Å². The summed E-state index contributed by atoms with van der Waals surface area (Å²) in [6, 6.07) is 13.4. The number of benzene rings is 2. The molecule has 1 atom stereocenters. The third-order valence-corrected chi connectivity index (χ3v) is 4.06. The van der Waals surface area contributed by atoms with Gasteiger partial charge in [-0.15, -0.1) is 0 Å². The normalized spacial score (nSPS) is 11.5. The second kappa shape index (κ2) is 8.76. The molecule has 0 bridgehead atoms. The van der Waals surface area contributed by atoms with E-state index in [-0.39, 0.29) is 6.04 Å². The van der Waals surface area contributed by atoms with Crippen LogP contribution in [0.1, 0.15) is 24.9 Å². The van der Waals surface area contributed by atoms with Crippen LogP contribution >= 0.6 is 23.8 Å². The van der Waals surface area contributed by atoms with Crippen LogP contribution in [-0.2, 0) is 0 Å². The summed E-state index contributed by atoms with van der Waals surface area (Å²) in [6.45, 7) is 2.09. The second-order valence-electron chi connectivity index (χ2n) is 5.18. The van der Waals surface area contributed by atoms with Crippen molar-refractivity contribution in [3.8, 4) is 11.5 Å². The number of methoxy groups -OCH3 is 2. The van der Waals surface area contributed by atoms with E-state index in [1.165, 1.54) is 0 Å². The summed E-state index contributed by atoms with van der Waals surface area (Å²) in [5.41, 5.74) is 1.92. The Bertz CT molecular complexity index is 709. The molecule has 0 aliphatic heterocycles. The van der Waals surface area contributed by atoms with Crippen LogP contribution < -0.4 is 20.1 Å². The average Bonchev–Trinajstić information content (AvgIpc) is 2.59. The number of rotatable bonds is 6. The molecule has 0 spiro atoms. The number of hydrogen-bond acceptors (Lipinski definition) is 3. The van der Waals surface area contributed by atoms with Crippen molar-refractivity contribution in [1.29, 1.82) is 0 Å². The lowest BCUT2D eigenvalue weighted by atomic mass is 10.0. The minimum absolute atomic E-state index is 0.0593. The standard InChI is InChI=1S/C18H21ClN2O2S/c1-4-15(12-8-9-16(22-2)17(10-12)23-3)21-18(24)20-14-7-5-6-13(19)11-14/h5-11,15H,4H2,1-3H3,(H2,20,21,24)/t15-/m0/s1. The molecule has 0 radical (unpaired) electrons. The third-order valence-electron chi connectivity index (χ3n) is 3.61. The Balaban J connectivity index is 2.09. The lowest BCUT2D eigenvalue weighted by Gasteiger charge is -2.21. The summed E-state index contributed by atoms with van der Waals surface area (Å²) in [5.74, 6) is 1.40. The molecule has 0 aliphatic rings. The molecular weight excluding hydrogens is 344 g/mol. The molecule has 2 aromatic carbocycles. The molecule has 24 heavy (non-hydrogen) atoms. The van der Waals surface area contributed by atoms with Crippen molar-refractivity contribution >= 4 is 34.6 Å². The highest BCUT2D eigenvalue weighted by Gasteiger charge is 2.14. The predicted molar refractivity (Wildman–Crippen MR) is 103 cm³/mol. The Morgan fingerprint density at radius 1 is 1.12 bits per heavy atom. The van der Waals surface area contributed by atoms with Gasteiger partial charge in [-0.2, -0.15) is 0 Å². The van der Waals surface area contributed by atoms with Crippen molar-refractivity contribution in [2.24, 2.45) is 0 Å². The van der Waals surface area contributed by atoms with Crippen molar-refractivity contribution in [2.75, 3.05) is 19.5 Å². The maximum atomic E-state index is 5.99. The molecule has 0 aliphatic carbocycles. The van der Waals surface area contributed by atoms with Gasteiger partial charge >= 0.3 is 0 Å². The number of hydrogen-bond donors (Lipinski definition) is 2. The van der Waals surface area contributed by atoms with Crippen LogP contribution in [0.4, 0.5) is 5.69 Å². The van der Waals surface area contributed by atoms with Crippen LogP contribution in [0.5, 0.6) is 11.5 Å². The van der Waals surface area contributed by atoms with Gasteiger partial charge in [0.25, 0.3) is 0 Å². The number of thiocarbonyl (C=S) groups is 1. The smallest absolute Gasteiger partial charge is 0.171 e. The minimum atomic E-state index is 0.0593. The maximum Gasteiger partial charge on any atom is 0.171 e.